The molecular weight excluding hydrogens is 246 g/mol. The van der Waals surface area contributed by atoms with E-state index in [1.165, 1.54) is 10.4 Å². The Kier molecular flexibility index (Phi) is 2.47. The van der Waals surface area contributed by atoms with E-state index in [0.717, 1.165) is 10.3 Å². The van der Waals surface area contributed by atoms with Gasteiger partial charge in [-0.2, -0.15) is 0 Å². The molecule has 2 rings (SSSR count). The summed E-state index contributed by atoms with van der Waals surface area (Å²) in [5.41, 5.74) is 2.26. The monoisotopic (exact) mass is 253 g/mol. The summed E-state index contributed by atoms with van der Waals surface area (Å²) in [7, 11) is 0. The average molecular weight is 254 g/mol. The highest BCUT2D eigenvalue weighted by molar-refractivity contribution is 9.10. The van der Waals surface area contributed by atoms with E-state index in [1.54, 1.807) is 11.3 Å². The lowest BCUT2D eigenvalue weighted by atomic mass is 10.2. The smallest absolute Gasteiger partial charge is 0.106 e. The maximum Gasteiger partial charge on any atom is 0.106 e. The molecular formula is C10H8BrNS. The fraction of sp³-hybridized carbons (Fsp3) is 0.100. The Hall–Kier alpha value is -0.670. The summed E-state index contributed by atoms with van der Waals surface area (Å²) in [4.78, 5) is 5.71. The largest absolute Gasteiger partial charge is 0.241 e. The number of nitrogens with zero attached hydrogens (tertiary/aromatic N) is 1. The second-order valence-electron chi connectivity index (χ2n) is 2.74. The molecule has 0 amide bonds. The topological polar surface area (TPSA) is 12.9 Å². The first-order valence-corrected chi connectivity index (χ1v) is 5.61. The van der Waals surface area contributed by atoms with E-state index in [0.29, 0.717) is 0 Å². The van der Waals surface area contributed by atoms with Crippen LogP contribution in [0.25, 0.3) is 11.3 Å². The average Bonchev–Trinajstić information content (AvgIpc) is 2.51. The van der Waals surface area contributed by atoms with Gasteiger partial charge in [-0.3, -0.25) is 0 Å². The quantitative estimate of drug-likeness (QED) is 0.704. The van der Waals surface area contributed by atoms with Crippen molar-refractivity contribution in [1.82, 2.24) is 4.98 Å². The van der Waals surface area contributed by atoms with E-state index in [-0.39, 0.29) is 0 Å². The van der Waals surface area contributed by atoms with Crippen molar-refractivity contribution >= 4 is 27.3 Å². The highest BCUT2D eigenvalue weighted by Gasteiger charge is 2.03. The fourth-order valence-corrected chi connectivity index (χ4v) is 2.26. The Morgan fingerprint density at radius 2 is 2.15 bits per heavy atom. The van der Waals surface area contributed by atoms with Crippen LogP contribution in [-0.2, 0) is 0 Å². The van der Waals surface area contributed by atoms with Crippen LogP contribution in [0.1, 0.15) is 4.88 Å². The zero-order chi connectivity index (χ0) is 9.26. The number of aromatic nitrogens is 1. The molecule has 0 aliphatic carbocycles. The van der Waals surface area contributed by atoms with E-state index in [4.69, 9.17) is 0 Å². The van der Waals surface area contributed by atoms with E-state index in [1.807, 2.05) is 18.2 Å². The molecule has 0 bridgehead atoms. The Morgan fingerprint density at radius 3 is 2.77 bits per heavy atom. The highest BCUT2D eigenvalue weighted by Crippen LogP contribution is 2.26. The maximum absolute atomic E-state index is 4.40. The number of thiophene rings is 1. The number of pyridine rings is 1. The van der Waals surface area contributed by atoms with Crippen molar-refractivity contribution in [3.63, 3.8) is 0 Å². The SMILES string of the molecule is Cc1sccc1-c1cccc(Br)n1. The molecule has 3 heteroatoms. The maximum atomic E-state index is 4.40. The Bertz CT molecular complexity index is 422. The summed E-state index contributed by atoms with van der Waals surface area (Å²) in [5, 5.41) is 2.09. The normalized spacial score (nSPS) is 10.3. The number of hydrogen-bond acceptors (Lipinski definition) is 2. The molecule has 1 nitrogen and oxygen atoms in total. The Balaban J connectivity index is 2.53. The van der Waals surface area contributed by atoms with Gasteiger partial charge >= 0.3 is 0 Å². The minimum absolute atomic E-state index is 0.885. The molecule has 0 radical (unpaired) electrons. The molecule has 0 atom stereocenters. The molecule has 0 fully saturated rings. The highest BCUT2D eigenvalue weighted by atomic mass is 79.9. The second-order valence-corrected chi connectivity index (χ2v) is 4.67. The van der Waals surface area contributed by atoms with Crippen LogP contribution in [0.2, 0.25) is 0 Å². The van der Waals surface area contributed by atoms with Gasteiger partial charge in [0.05, 0.1) is 5.69 Å². The van der Waals surface area contributed by atoms with Gasteiger partial charge < -0.3 is 0 Å². The van der Waals surface area contributed by atoms with Gasteiger partial charge in [0.2, 0.25) is 0 Å². The molecule has 0 aliphatic rings. The lowest BCUT2D eigenvalue weighted by Crippen LogP contribution is -1.82. The van der Waals surface area contributed by atoms with Crippen LogP contribution in [0.3, 0.4) is 0 Å². The van der Waals surface area contributed by atoms with Gasteiger partial charge in [0, 0.05) is 10.4 Å². The Morgan fingerprint density at radius 1 is 1.31 bits per heavy atom. The summed E-state index contributed by atoms with van der Waals surface area (Å²) >= 11 is 5.11. The predicted molar refractivity (Wildman–Crippen MR) is 60.0 cm³/mol. The molecule has 13 heavy (non-hydrogen) atoms. The molecule has 66 valence electrons. The van der Waals surface area contributed by atoms with Gasteiger partial charge in [-0.15, -0.1) is 11.3 Å². The van der Waals surface area contributed by atoms with Crippen LogP contribution >= 0.6 is 27.3 Å². The second kappa shape index (κ2) is 3.60. The van der Waals surface area contributed by atoms with Crippen molar-refractivity contribution < 1.29 is 0 Å². The molecule has 0 aromatic carbocycles. The zero-order valence-corrected chi connectivity index (χ0v) is 9.52. The van der Waals surface area contributed by atoms with E-state index in [9.17, 15) is 0 Å². The van der Waals surface area contributed by atoms with Gasteiger partial charge in [-0.25, -0.2) is 4.98 Å². The van der Waals surface area contributed by atoms with Crippen molar-refractivity contribution in [3.8, 4) is 11.3 Å². The molecule has 0 spiro atoms. The van der Waals surface area contributed by atoms with Crippen molar-refractivity contribution in [2.45, 2.75) is 6.92 Å². The third-order valence-corrected chi connectivity index (χ3v) is 3.14. The van der Waals surface area contributed by atoms with Crippen molar-refractivity contribution in [2.24, 2.45) is 0 Å². The van der Waals surface area contributed by atoms with Gasteiger partial charge in [0.1, 0.15) is 4.60 Å². The summed E-state index contributed by atoms with van der Waals surface area (Å²) in [6, 6.07) is 8.07. The van der Waals surface area contributed by atoms with E-state index in [2.05, 4.69) is 39.3 Å². The van der Waals surface area contributed by atoms with Gasteiger partial charge in [-0.05, 0) is 46.4 Å². The zero-order valence-electron chi connectivity index (χ0n) is 7.12. The van der Waals surface area contributed by atoms with Crippen LogP contribution in [0.5, 0.6) is 0 Å². The van der Waals surface area contributed by atoms with Crippen molar-refractivity contribution in [1.29, 1.82) is 0 Å². The first-order valence-electron chi connectivity index (χ1n) is 3.94. The fourth-order valence-electron chi connectivity index (χ4n) is 1.21. The van der Waals surface area contributed by atoms with Gasteiger partial charge in [0.25, 0.3) is 0 Å². The van der Waals surface area contributed by atoms with Crippen LogP contribution < -0.4 is 0 Å². The van der Waals surface area contributed by atoms with Gasteiger partial charge in [0.15, 0.2) is 0 Å². The molecule has 0 saturated heterocycles. The molecule has 0 unspecified atom stereocenters. The van der Waals surface area contributed by atoms with Crippen molar-refractivity contribution in [2.75, 3.05) is 0 Å². The predicted octanol–water partition coefficient (Wildman–Crippen LogP) is 3.88. The standard InChI is InChI=1S/C10H8BrNS/c1-7-8(5-6-13-7)9-3-2-4-10(11)12-9/h2-6H,1H3. The molecule has 2 heterocycles. The first kappa shape index (κ1) is 8.91. The molecule has 2 aromatic rings. The molecule has 0 N–H and O–H groups in total. The lowest BCUT2D eigenvalue weighted by Gasteiger charge is -1.98. The third kappa shape index (κ3) is 1.81. The lowest BCUT2D eigenvalue weighted by molar-refractivity contribution is 1.28. The van der Waals surface area contributed by atoms with E-state index >= 15 is 0 Å². The van der Waals surface area contributed by atoms with Crippen LogP contribution in [0, 0.1) is 6.92 Å². The minimum atomic E-state index is 0.885. The molecule has 0 saturated carbocycles. The van der Waals surface area contributed by atoms with Crippen LogP contribution in [-0.4, -0.2) is 4.98 Å². The van der Waals surface area contributed by atoms with E-state index < -0.39 is 0 Å². The third-order valence-electron chi connectivity index (χ3n) is 1.85. The number of halogens is 1. The number of hydrogen-bond donors (Lipinski definition) is 0. The molecule has 2 aromatic heterocycles. The molecule has 0 aliphatic heterocycles. The summed E-state index contributed by atoms with van der Waals surface area (Å²) in [6.45, 7) is 2.11. The summed E-state index contributed by atoms with van der Waals surface area (Å²) in [6.07, 6.45) is 0. The summed E-state index contributed by atoms with van der Waals surface area (Å²) in [5.74, 6) is 0. The van der Waals surface area contributed by atoms with Gasteiger partial charge in [-0.1, -0.05) is 6.07 Å². The Labute approximate surface area is 89.6 Å². The van der Waals surface area contributed by atoms with Crippen LogP contribution in [0.4, 0.5) is 0 Å². The van der Waals surface area contributed by atoms with Crippen molar-refractivity contribution in [3.05, 3.63) is 39.1 Å². The summed E-state index contributed by atoms with van der Waals surface area (Å²) < 4.78 is 0.885. The minimum Gasteiger partial charge on any atom is -0.241 e. The number of rotatable bonds is 1. The van der Waals surface area contributed by atoms with Crippen LogP contribution in [0.15, 0.2) is 34.2 Å². The first-order chi connectivity index (χ1) is 6.27. The number of aryl methyl sites for hydroxylation is 1.